The number of aryl methyl sites for hydroxylation is 1. The van der Waals surface area contributed by atoms with Gasteiger partial charge >= 0.3 is 0 Å². The first-order chi connectivity index (χ1) is 12.0. The minimum Gasteiger partial charge on any atom is -0.359 e. The van der Waals surface area contributed by atoms with Crippen molar-refractivity contribution >= 4 is 33.3 Å². The third-order valence-corrected chi connectivity index (χ3v) is 4.86. The number of anilines is 1. The molecule has 2 heterocycles. The Morgan fingerprint density at radius 3 is 2.80 bits per heavy atom. The number of halogens is 1. The van der Waals surface area contributed by atoms with E-state index in [0.29, 0.717) is 11.5 Å². The van der Waals surface area contributed by atoms with Gasteiger partial charge in [0.05, 0.1) is 6.54 Å². The van der Waals surface area contributed by atoms with Crippen LogP contribution in [0.1, 0.15) is 49.4 Å². The number of amides is 1. The molecule has 134 valence electrons. The molecule has 0 unspecified atom stereocenters. The van der Waals surface area contributed by atoms with Crippen LogP contribution in [0.4, 0.5) is 5.82 Å². The normalized spacial score (nSPS) is 10.4. The highest BCUT2D eigenvalue weighted by molar-refractivity contribution is 9.10. The lowest BCUT2D eigenvalue weighted by molar-refractivity contribution is -0.127. The van der Waals surface area contributed by atoms with Crippen LogP contribution >= 0.6 is 15.9 Å². The average molecular weight is 407 g/mol. The molecular weight excluding hydrogens is 384 g/mol. The van der Waals surface area contributed by atoms with Crippen molar-refractivity contribution in [2.45, 2.75) is 46.5 Å². The molecule has 0 bridgehead atoms. The summed E-state index contributed by atoms with van der Waals surface area (Å²) in [6.07, 6.45) is 6.15. The third kappa shape index (κ3) is 4.53. The Morgan fingerprint density at radius 2 is 2.12 bits per heavy atom. The SMILES string of the molecule is CCCCCC#Cc1c(NCC(=O)NO)nc2c(C)c(C)c(Br)cn12. The predicted molar refractivity (Wildman–Crippen MR) is 102 cm³/mol. The highest BCUT2D eigenvalue weighted by Crippen LogP contribution is 2.27. The molecule has 1 amide bonds. The van der Waals surface area contributed by atoms with E-state index in [1.54, 1.807) is 5.48 Å². The van der Waals surface area contributed by atoms with E-state index in [2.05, 4.69) is 45.0 Å². The summed E-state index contributed by atoms with van der Waals surface area (Å²) in [6.45, 7) is 6.11. The van der Waals surface area contributed by atoms with Gasteiger partial charge in [-0.3, -0.25) is 14.4 Å². The second-order valence-corrected chi connectivity index (χ2v) is 6.73. The van der Waals surface area contributed by atoms with Crippen molar-refractivity contribution in [2.24, 2.45) is 0 Å². The number of carbonyl (C=O) groups is 1. The maximum absolute atomic E-state index is 11.3. The Hall–Kier alpha value is -2.04. The Bertz CT molecular complexity index is 833. The van der Waals surface area contributed by atoms with Gasteiger partial charge in [-0.05, 0) is 53.2 Å². The van der Waals surface area contributed by atoms with Crippen molar-refractivity contribution in [1.29, 1.82) is 0 Å². The largest absolute Gasteiger partial charge is 0.359 e. The van der Waals surface area contributed by atoms with Gasteiger partial charge in [0.2, 0.25) is 0 Å². The first-order valence-electron chi connectivity index (χ1n) is 8.33. The zero-order chi connectivity index (χ0) is 18.4. The number of rotatable bonds is 6. The highest BCUT2D eigenvalue weighted by atomic mass is 79.9. The fourth-order valence-corrected chi connectivity index (χ4v) is 2.94. The van der Waals surface area contributed by atoms with Crippen LogP contribution in [0.25, 0.3) is 5.65 Å². The fraction of sp³-hybridized carbons (Fsp3) is 0.444. The number of unbranched alkanes of at least 4 members (excludes halogenated alkanes) is 3. The zero-order valence-electron chi connectivity index (χ0n) is 14.7. The number of aromatic nitrogens is 2. The van der Waals surface area contributed by atoms with Crippen molar-refractivity contribution in [3.8, 4) is 11.8 Å². The number of hydrogen-bond acceptors (Lipinski definition) is 4. The van der Waals surface area contributed by atoms with E-state index in [-0.39, 0.29) is 6.54 Å². The number of nitrogens with zero attached hydrogens (tertiary/aromatic N) is 2. The van der Waals surface area contributed by atoms with Gasteiger partial charge in [0.15, 0.2) is 5.82 Å². The van der Waals surface area contributed by atoms with Gasteiger partial charge < -0.3 is 5.32 Å². The summed E-state index contributed by atoms with van der Waals surface area (Å²) in [5.74, 6) is 6.38. The highest BCUT2D eigenvalue weighted by Gasteiger charge is 2.15. The summed E-state index contributed by atoms with van der Waals surface area (Å²) in [6, 6.07) is 0. The summed E-state index contributed by atoms with van der Waals surface area (Å²) >= 11 is 3.57. The molecule has 0 radical (unpaired) electrons. The second kappa shape index (κ2) is 8.88. The van der Waals surface area contributed by atoms with Gasteiger partial charge in [-0.25, -0.2) is 10.5 Å². The van der Waals surface area contributed by atoms with Crippen molar-refractivity contribution < 1.29 is 10.0 Å². The monoisotopic (exact) mass is 406 g/mol. The summed E-state index contributed by atoms with van der Waals surface area (Å²) in [5.41, 5.74) is 5.27. The van der Waals surface area contributed by atoms with E-state index in [4.69, 9.17) is 5.21 Å². The number of carbonyl (C=O) groups excluding carboxylic acids is 1. The maximum Gasteiger partial charge on any atom is 0.262 e. The van der Waals surface area contributed by atoms with Gasteiger partial charge in [0.1, 0.15) is 11.3 Å². The van der Waals surface area contributed by atoms with Crippen molar-refractivity contribution in [3.63, 3.8) is 0 Å². The number of nitrogens with one attached hydrogen (secondary N) is 2. The Morgan fingerprint density at radius 1 is 1.36 bits per heavy atom. The van der Waals surface area contributed by atoms with Crippen LogP contribution in [-0.2, 0) is 4.79 Å². The number of hydroxylamine groups is 1. The molecule has 0 saturated heterocycles. The predicted octanol–water partition coefficient (Wildman–Crippen LogP) is 3.56. The van der Waals surface area contributed by atoms with Gasteiger partial charge in [-0.15, -0.1) is 0 Å². The molecular formula is C18H23BrN4O2. The van der Waals surface area contributed by atoms with Gasteiger partial charge in [0.25, 0.3) is 5.91 Å². The minimum atomic E-state index is -0.534. The minimum absolute atomic E-state index is 0.0793. The summed E-state index contributed by atoms with van der Waals surface area (Å²) in [7, 11) is 0. The molecule has 2 aromatic heterocycles. The fourth-order valence-electron chi connectivity index (χ4n) is 2.44. The lowest BCUT2D eigenvalue weighted by Crippen LogP contribution is -2.27. The van der Waals surface area contributed by atoms with Crippen LogP contribution in [0.15, 0.2) is 10.7 Å². The molecule has 0 aliphatic rings. The molecule has 25 heavy (non-hydrogen) atoms. The summed E-state index contributed by atoms with van der Waals surface area (Å²) in [5, 5.41) is 11.6. The molecule has 0 fully saturated rings. The third-order valence-electron chi connectivity index (χ3n) is 4.06. The van der Waals surface area contributed by atoms with Gasteiger partial charge in [-0.2, -0.15) is 0 Å². The Kier molecular flexibility index (Phi) is 6.85. The van der Waals surface area contributed by atoms with Crippen molar-refractivity contribution in [3.05, 3.63) is 27.5 Å². The maximum atomic E-state index is 11.3. The van der Waals surface area contributed by atoms with Crippen LogP contribution in [0.2, 0.25) is 0 Å². The Balaban J connectivity index is 2.43. The van der Waals surface area contributed by atoms with E-state index in [0.717, 1.165) is 46.9 Å². The molecule has 2 aromatic rings. The first kappa shape index (κ1) is 19.3. The molecule has 0 spiro atoms. The number of hydrogen-bond donors (Lipinski definition) is 3. The summed E-state index contributed by atoms with van der Waals surface area (Å²) in [4.78, 5) is 15.9. The first-order valence-corrected chi connectivity index (χ1v) is 9.12. The number of pyridine rings is 1. The molecule has 0 aliphatic carbocycles. The molecule has 0 aliphatic heterocycles. The lowest BCUT2D eigenvalue weighted by atomic mass is 10.2. The van der Waals surface area contributed by atoms with E-state index in [1.165, 1.54) is 0 Å². The van der Waals surface area contributed by atoms with Gasteiger partial charge in [0, 0.05) is 17.1 Å². The van der Waals surface area contributed by atoms with E-state index >= 15 is 0 Å². The molecule has 7 heteroatoms. The van der Waals surface area contributed by atoms with Gasteiger partial charge in [-0.1, -0.05) is 25.7 Å². The van der Waals surface area contributed by atoms with Crippen molar-refractivity contribution in [2.75, 3.05) is 11.9 Å². The molecule has 0 aromatic carbocycles. The van der Waals surface area contributed by atoms with Crippen LogP contribution < -0.4 is 10.8 Å². The standard InChI is InChI=1S/C18H23BrN4O2/c1-4-5-6-7-8-9-15-17(20-10-16(24)22-25)21-18-13(3)12(2)14(19)11-23(15)18/h11,20,25H,4-7,10H2,1-3H3,(H,22,24). The summed E-state index contributed by atoms with van der Waals surface area (Å²) < 4.78 is 2.90. The van der Waals surface area contributed by atoms with Crippen LogP contribution in [0.3, 0.4) is 0 Å². The van der Waals surface area contributed by atoms with Crippen LogP contribution in [0.5, 0.6) is 0 Å². The number of imidazole rings is 1. The lowest BCUT2D eigenvalue weighted by Gasteiger charge is -2.06. The molecule has 0 atom stereocenters. The van der Waals surface area contributed by atoms with Crippen molar-refractivity contribution in [1.82, 2.24) is 14.9 Å². The molecule has 0 saturated carbocycles. The van der Waals surface area contributed by atoms with E-state index in [1.807, 2.05) is 24.4 Å². The molecule has 6 nitrogen and oxygen atoms in total. The smallest absolute Gasteiger partial charge is 0.262 e. The average Bonchev–Trinajstić information content (AvgIpc) is 2.95. The molecule has 3 N–H and O–H groups in total. The van der Waals surface area contributed by atoms with E-state index < -0.39 is 5.91 Å². The number of fused-ring (bicyclic) bond motifs is 1. The van der Waals surface area contributed by atoms with Crippen LogP contribution in [-0.4, -0.2) is 27.0 Å². The topological polar surface area (TPSA) is 78.7 Å². The Labute approximate surface area is 156 Å². The van der Waals surface area contributed by atoms with E-state index in [9.17, 15) is 4.79 Å². The molecule has 2 rings (SSSR count). The van der Waals surface area contributed by atoms with Crippen LogP contribution in [0, 0.1) is 25.7 Å². The zero-order valence-corrected chi connectivity index (χ0v) is 16.3. The quantitative estimate of drug-likeness (QED) is 0.296. The second-order valence-electron chi connectivity index (χ2n) is 5.88.